The van der Waals surface area contributed by atoms with Crippen LogP contribution in [0.1, 0.15) is 30.9 Å². The van der Waals surface area contributed by atoms with Gasteiger partial charge in [-0.15, -0.1) is 0 Å². The van der Waals surface area contributed by atoms with Crippen molar-refractivity contribution in [2.75, 3.05) is 13.7 Å². The molecule has 1 unspecified atom stereocenters. The summed E-state index contributed by atoms with van der Waals surface area (Å²) in [5, 5.41) is 2.84. The average Bonchev–Trinajstić information content (AvgIpc) is 2.87. The molecule has 1 aromatic carbocycles. The third kappa shape index (κ3) is 3.77. The first-order valence-electron chi connectivity index (χ1n) is 7.53. The second-order valence-corrected chi connectivity index (χ2v) is 5.54. The van der Waals surface area contributed by atoms with E-state index >= 15 is 0 Å². The van der Waals surface area contributed by atoms with Crippen LogP contribution in [0.3, 0.4) is 0 Å². The van der Waals surface area contributed by atoms with Gasteiger partial charge < -0.3 is 10.1 Å². The summed E-state index contributed by atoms with van der Waals surface area (Å²) in [5.41, 5.74) is 0.0964. The second-order valence-electron chi connectivity index (χ2n) is 5.54. The fourth-order valence-electron chi connectivity index (χ4n) is 2.70. The monoisotopic (exact) mass is 341 g/mol. The van der Waals surface area contributed by atoms with Gasteiger partial charge in [-0.05, 0) is 30.5 Å². The van der Waals surface area contributed by atoms with Crippen molar-refractivity contribution in [3.8, 4) is 0 Å². The molecule has 1 atom stereocenters. The van der Waals surface area contributed by atoms with Gasteiger partial charge in [0.15, 0.2) is 5.78 Å². The third-order valence-corrected chi connectivity index (χ3v) is 4.01. The van der Waals surface area contributed by atoms with Crippen LogP contribution in [0.25, 0.3) is 5.57 Å². The summed E-state index contributed by atoms with van der Waals surface area (Å²) < 4.78 is 43.3. The van der Waals surface area contributed by atoms with Gasteiger partial charge in [-0.25, -0.2) is 0 Å². The minimum absolute atomic E-state index is 0.141. The number of esters is 1. The predicted octanol–water partition coefficient (Wildman–Crippen LogP) is 3.18. The maximum atomic E-state index is 12.9. The number of ketones is 1. The van der Waals surface area contributed by atoms with Gasteiger partial charge >= 0.3 is 12.1 Å². The lowest BCUT2D eigenvalue weighted by Crippen LogP contribution is -2.23. The SMILES string of the molecule is CCC1CC(NCC(=O)OC)=C(c2cccc(C(F)(F)F)c2)C1=O. The molecule has 4 nitrogen and oxygen atoms in total. The molecule has 0 saturated heterocycles. The summed E-state index contributed by atoms with van der Waals surface area (Å²) in [5.74, 6) is -1.02. The minimum Gasteiger partial charge on any atom is -0.468 e. The van der Waals surface area contributed by atoms with Crippen molar-refractivity contribution in [3.05, 3.63) is 41.1 Å². The van der Waals surface area contributed by atoms with Crippen LogP contribution in [0, 0.1) is 5.92 Å². The molecule has 1 aliphatic carbocycles. The number of hydrogen-bond donors (Lipinski definition) is 1. The first-order chi connectivity index (χ1) is 11.3. The molecule has 2 rings (SSSR count). The van der Waals surface area contributed by atoms with E-state index in [0.29, 0.717) is 18.5 Å². The second kappa shape index (κ2) is 7.07. The van der Waals surface area contributed by atoms with Crippen LogP contribution in [0.2, 0.25) is 0 Å². The average molecular weight is 341 g/mol. The number of halogens is 3. The van der Waals surface area contributed by atoms with Gasteiger partial charge in [0.2, 0.25) is 0 Å². The van der Waals surface area contributed by atoms with E-state index in [-0.39, 0.29) is 29.4 Å². The number of rotatable bonds is 5. The maximum absolute atomic E-state index is 12.9. The zero-order chi connectivity index (χ0) is 17.9. The lowest BCUT2D eigenvalue weighted by molar-refractivity contribution is -0.139. The van der Waals surface area contributed by atoms with E-state index < -0.39 is 17.7 Å². The molecule has 24 heavy (non-hydrogen) atoms. The van der Waals surface area contributed by atoms with E-state index in [0.717, 1.165) is 12.1 Å². The molecule has 0 radical (unpaired) electrons. The summed E-state index contributed by atoms with van der Waals surface area (Å²) in [4.78, 5) is 23.8. The molecule has 130 valence electrons. The lowest BCUT2D eigenvalue weighted by atomic mass is 9.96. The molecular weight excluding hydrogens is 323 g/mol. The van der Waals surface area contributed by atoms with Crippen LogP contribution >= 0.6 is 0 Å². The summed E-state index contributed by atoms with van der Waals surface area (Å²) in [6.07, 6.45) is -3.54. The van der Waals surface area contributed by atoms with Gasteiger partial charge in [-0.1, -0.05) is 19.1 Å². The molecule has 0 heterocycles. The van der Waals surface area contributed by atoms with Crippen molar-refractivity contribution in [2.24, 2.45) is 5.92 Å². The lowest BCUT2D eigenvalue weighted by Gasteiger charge is -2.11. The van der Waals surface area contributed by atoms with E-state index in [2.05, 4.69) is 10.1 Å². The van der Waals surface area contributed by atoms with Crippen molar-refractivity contribution >= 4 is 17.3 Å². The van der Waals surface area contributed by atoms with Crippen LogP contribution < -0.4 is 5.32 Å². The Hall–Kier alpha value is -2.31. The molecule has 7 heteroatoms. The number of alkyl halides is 3. The van der Waals surface area contributed by atoms with E-state index in [1.807, 2.05) is 6.92 Å². The third-order valence-electron chi connectivity index (χ3n) is 4.01. The highest BCUT2D eigenvalue weighted by atomic mass is 19.4. The van der Waals surface area contributed by atoms with Gasteiger partial charge in [-0.2, -0.15) is 13.2 Å². The number of ether oxygens (including phenoxy) is 1. The number of allylic oxidation sites excluding steroid dienone is 2. The standard InChI is InChI=1S/C17H18F3NO3/c1-3-10-8-13(21-9-14(22)24-2)15(16(10)23)11-5-4-6-12(7-11)17(18,19)20/h4-7,10,21H,3,8-9H2,1-2H3. The zero-order valence-electron chi connectivity index (χ0n) is 13.4. The number of carbonyl (C=O) groups is 2. The normalized spacial score (nSPS) is 18.0. The molecule has 0 saturated carbocycles. The van der Waals surface area contributed by atoms with Gasteiger partial charge in [0.05, 0.1) is 12.7 Å². The first kappa shape index (κ1) is 18.0. The first-order valence-corrected chi connectivity index (χ1v) is 7.53. The number of benzene rings is 1. The van der Waals surface area contributed by atoms with Crippen LogP contribution in [-0.4, -0.2) is 25.4 Å². The smallest absolute Gasteiger partial charge is 0.416 e. The Morgan fingerprint density at radius 2 is 2.08 bits per heavy atom. The zero-order valence-corrected chi connectivity index (χ0v) is 13.4. The predicted molar refractivity (Wildman–Crippen MR) is 81.8 cm³/mol. The number of carbonyl (C=O) groups excluding carboxylic acids is 2. The van der Waals surface area contributed by atoms with Crippen LogP contribution in [-0.2, 0) is 20.5 Å². The van der Waals surface area contributed by atoms with Crippen molar-refractivity contribution in [3.63, 3.8) is 0 Å². The Labute approximate surface area is 137 Å². The number of Topliss-reactive ketones (excluding diaryl/α,β-unsaturated/α-hetero) is 1. The van der Waals surface area contributed by atoms with Crippen molar-refractivity contribution < 1.29 is 27.5 Å². The summed E-state index contributed by atoms with van der Waals surface area (Å²) in [6, 6.07) is 4.67. The highest BCUT2D eigenvalue weighted by molar-refractivity contribution is 6.24. The van der Waals surface area contributed by atoms with Gasteiger partial charge in [0.25, 0.3) is 0 Å². The molecule has 1 N–H and O–H groups in total. The van der Waals surface area contributed by atoms with E-state index in [4.69, 9.17) is 0 Å². The molecule has 0 spiro atoms. The molecule has 0 aliphatic heterocycles. The number of nitrogens with one attached hydrogen (secondary N) is 1. The molecule has 1 aromatic rings. The topological polar surface area (TPSA) is 55.4 Å². The quantitative estimate of drug-likeness (QED) is 0.836. The Bertz CT molecular complexity index is 680. The van der Waals surface area contributed by atoms with E-state index in [1.165, 1.54) is 19.2 Å². The Morgan fingerprint density at radius 3 is 2.67 bits per heavy atom. The van der Waals surface area contributed by atoms with Crippen LogP contribution in [0.4, 0.5) is 13.2 Å². The van der Waals surface area contributed by atoms with E-state index in [1.54, 1.807) is 0 Å². The van der Waals surface area contributed by atoms with Crippen molar-refractivity contribution in [1.29, 1.82) is 0 Å². The molecule has 1 aliphatic rings. The Kier molecular flexibility index (Phi) is 5.31. The number of methoxy groups -OCH3 is 1. The minimum atomic E-state index is -4.48. The molecule has 0 amide bonds. The summed E-state index contributed by atoms with van der Waals surface area (Å²) >= 11 is 0. The maximum Gasteiger partial charge on any atom is 0.416 e. The Morgan fingerprint density at radius 1 is 1.38 bits per heavy atom. The van der Waals surface area contributed by atoms with Gasteiger partial charge in [0, 0.05) is 17.2 Å². The molecule has 0 bridgehead atoms. The fraction of sp³-hybridized carbons (Fsp3) is 0.412. The largest absolute Gasteiger partial charge is 0.468 e. The molecular formula is C17H18F3NO3. The van der Waals surface area contributed by atoms with Crippen LogP contribution in [0.15, 0.2) is 30.0 Å². The molecule has 0 fully saturated rings. The summed E-state index contributed by atoms with van der Waals surface area (Å²) in [7, 11) is 1.24. The highest BCUT2D eigenvalue weighted by Gasteiger charge is 2.35. The van der Waals surface area contributed by atoms with Gasteiger partial charge in [-0.3, -0.25) is 9.59 Å². The van der Waals surface area contributed by atoms with E-state index in [9.17, 15) is 22.8 Å². The Balaban J connectivity index is 2.41. The van der Waals surface area contributed by atoms with Crippen molar-refractivity contribution in [2.45, 2.75) is 25.9 Å². The number of hydrogen-bond acceptors (Lipinski definition) is 4. The summed E-state index contributed by atoms with van der Waals surface area (Å²) in [6.45, 7) is 1.70. The molecule has 0 aromatic heterocycles. The van der Waals surface area contributed by atoms with Crippen LogP contribution in [0.5, 0.6) is 0 Å². The van der Waals surface area contributed by atoms with Gasteiger partial charge in [0.1, 0.15) is 6.54 Å². The fourth-order valence-corrected chi connectivity index (χ4v) is 2.70. The highest BCUT2D eigenvalue weighted by Crippen LogP contribution is 2.37. The van der Waals surface area contributed by atoms with Crippen molar-refractivity contribution in [1.82, 2.24) is 5.32 Å².